The summed E-state index contributed by atoms with van der Waals surface area (Å²) in [6.45, 7) is 10.1. The number of hydrogen-bond acceptors (Lipinski definition) is 2. The second-order valence-corrected chi connectivity index (χ2v) is 6.43. The van der Waals surface area contributed by atoms with Crippen molar-refractivity contribution >= 4 is 11.8 Å². The normalized spacial score (nSPS) is 16.2. The highest BCUT2D eigenvalue weighted by molar-refractivity contribution is 8.00. The Hall–Kier alpha value is -0.470. The van der Waals surface area contributed by atoms with Crippen molar-refractivity contribution < 1.29 is 0 Å². The number of nitrogens with one attached hydrogen (secondary N) is 1. The second-order valence-electron chi connectivity index (χ2n) is 4.75. The second kappa shape index (κ2) is 8.60. The summed E-state index contributed by atoms with van der Waals surface area (Å²) in [6, 6.07) is 11.3. The van der Waals surface area contributed by atoms with Crippen molar-refractivity contribution in [3.05, 3.63) is 35.9 Å². The minimum atomic E-state index is 0.472. The van der Waals surface area contributed by atoms with Crippen molar-refractivity contribution in [2.75, 3.05) is 6.54 Å². The molecule has 102 valence electrons. The van der Waals surface area contributed by atoms with E-state index in [2.05, 4.69) is 75.1 Å². The third-order valence-corrected chi connectivity index (χ3v) is 5.09. The molecule has 0 aliphatic rings. The van der Waals surface area contributed by atoms with Gasteiger partial charge < -0.3 is 5.32 Å². The molecule has 1 N–H and O–H groups in total. The van der Waals surface area contributed by atoms with Gasteiger partial charge in [-0.15, -0.1) is 0 Å². The summed E-state index contributed by atoms with van der Waals surface area (Å²) in [5, 5.41) is 5.05. The first kappa shape index (κ1) is 15.6. The largest absolute Gasteiger partial charge is 0.309 e. The van der Waals surface area contributed by atoms with Gasteiger partial charge in [-0.2, -0.15) is 11.8 Å². The molecule has 0 aliphatic carbocycles. The summed E-state index contributed by atoms with van der Waals surface area (Å²) in [7, 11) is 0. The lowest BCUT2D eigenvalue weighted by Gasteiger charge is -2.29. The van der Waals surface area contributed by atoms with Crippen molar-refractivity contribution in [1.29, 1.82) is 0 Å². The zero-order valence-corrected chi connectivity index (χ0v) is 13.0. The Morgan fingerprint density at radius 2 is 1.72 bits per heavy atom. The highest BCUT2D eigenvalue weighted by Crippen LogP contribution is 2.32. The average molecular weight is 265 g/mol. The predicted molar refractivity (Wildman–Crippen MR) is 84.3 cm³/mol. The maximum atomic E-state index is 3.66. The van der Waals surface area contributed by atoms with Crippen molar-refractivity contribution in [3.63, 3.8) is 0 Å². The van der Waals surface area contributed by atoms with Crippen LogP contribution in [0.2, 0.25) is 0 Å². The van der Waals surface area contributed by atoms with Gasteiger partial charge in [0.1, 0.15) is 0 Å². The zero-order valence-electron chi connectivity index (χ0n) is 12.1. The van der Waals surface area contributed by atoms with E-state index in [1.165, 1.54) is 18.4 Å². The number of thioether (sulfide) groups is 1. The number of rotatable bonds is 8. The van der Waals surface area contributed by atoms with Crippen LogP contribution in [0.25, 0.3) is 0 Å². The molecule has 3 unspecified atom stereocenters. The predicted octanol–water partition coefficient (Wildman–Crippen LogP) is 4.65. The van der Waals surface area contributed by atoms with Crippen LogP contribution >= 0.6 is 11.8 Å². The summed E-state index contributed by atoms with van der Waals surface area (Å²) < 4.78 is 0. The molecule has 0 spiro atoms. The Morgan fingerprint density at radius 1 is 1.06 bits per heavy atom. The number of benzene rings is 1. The summed E-state index contributed by atoms with van der Waals surface area (Å²) in [5.74, 6) is 0. The lowest BCUT2D eigenvalue weighted by atomic mass is 10.0. The summed E-state index contributed by atoms with van der Waals surface area (Å²) in [6.07, 6.45) is 2.45. The lowest BCUT2D eigenvalue weighted by molar-refractivity contribution is 0.520. The fourth-order valence-electron chi connectivity index (χ4n) is 2.15. The van der Waals surface area contributed by atoms with Crippen LogP contribution in [0.15, 0.2) is 30.3 Å². The minimum absolute atomic E-state index is 0.472. The van der Waals surface area contributed by atoms with Crippen LogP contribution in [-0.4, -0.2) is 17.0 Å². The van der Waals surface area contributed by atoms with Gasteiger partial charge in [0, 0.05) is 16.5 Å². The van der Waals surface area contributed by atoms with E-state index < -0.39 is 0 Å². The quantitative estimate of drug-likeness (QED) is 0.734. The van der Waals surface area contributed by atoms with E-state index in [0.717, 1.165) is 11.8 Å². The monoisotopic (exact) mass is 265 g/mol. The molecule has 0 amide bonds. The molecular weight excluding hydrogens is 238 g/mol. The zero-order chi connectivity index (χ0) is 13.4. The van der Waals surface area contributed by atoms with Gasteiger partial charge in [0.2, 0.25) is 0 Å². The molecule has 0 bridgehead atoms. The third-order valence-electron chi connectivity index (χ3n) is 3.34. The van der Waals surface area contributed by atoms with Crippen molar-refractivity contribution in [1.82, 2.24) is 5.32 Å². The molecular formula is C16H27NS. The van der Waals surface area contributed by atoms with Crippen LogP contribution < -0.4 is 5.32 Å². The smallest absolute Gasteiger partial charge is 0.0440 e. The fourth-order valence-corrected chi connectivity index (χ4v) is 3.54. The number of hydrogen-bond donors (Lipinski definition) is 1. The van der Waals surface area contributed by atoms with Gasteiger partial charge in [-0.3, -0.25) is 0 Å². The maximum Gasteiger partial charge on any atom is 0.0440 e. The van der Waals surface area contributed by atoms with E-state index in [-0.39, 0.29) is 0 Å². The Kier molecular flexibility index (Phi) is 7.45. The lowest BCUT2D eigenvalue weighted by Crippen LogP contribution is -2.30. The van der Waals surface area contributed by atoms with E-state index in [1.54, 1.807) is 0 Å². The van der Waals surface area contributed by atoms with Crippen LogP contribution in [0.1, 0.15) is 52.1 Å². The van der Waals surface area contributed by atoms with Crippen molar-refractivity contribution in [3.8, 4) is 0 Å². The van der Waals surface area contributed by atoms with Crippen LogP contribution in [0, 0.1) is 0 Å². The highest BCUT2D eigenvalue weighted by atomic mass is 32.2. The molecule has 1 aromatic rings. The van der Waals surface area contributed by atoms with Crippen LogP contribution in [0.3, 0.4) is 0 Å². The molecule has 0 heterocycles. The molecule has 1 rings (SSSR count). The molecule has 0 radical (unpaired) electrons. The first-order valence-corrected chi connectivity index (χ1v) is 8.10. The molecule has 3 atom stereocenters. The first-order valence-electron chi connectivity index (χ1n) is 7.16. The van der Waals surface area contributed by atoms with Crippen molar-refractivity contribution in [2.24, 2.45) is 0 Å². The van der Waals surface area contributed by atoms with Gasteiger partial charge in [-0.1, -0.05) is 58.0 Å². The van der Waals surface area contributed by atoms with Gasteiger partial charge in [0.25, 0.3) is 0 Å². The standard InChI is InChI=1S/C16H27NS/c1-5-13(4)18-15(6-2)16(17-7-3)14-11-9-8-10-12-14/h8-13,15-17H,5-7H2,1-4H3. The fraction of sp³-hybridized carbons (Fsp3) is 0.625. The molecule has 0 saturated heterocycles. The van der Waals surface area contributed by atoms with Gasteiger partial charge >= 0.3 is 0 Å². The molecule has 0 fully saturated rings. The van der Waals surface area contributed by atoms with Gasteiger partial charge in [-0.05, 0) is 24.9 Å². The minimum Gasteiger partial charge on any atom is -0.309 e. The third kappa shape index (κ3) is 4.66. The van der Waals surface area contributed by atoms with E-state index in [9.17, 15) is 0 Å². The average Bonchev–Trinajstić information content (AvgIpc) is 2.43. The Balaban J connectivity index is 2.81. The molecule has 1 nitrogen and oxygen atoms in total. The van der Waals surface area contributed by atoms with Gasteiger partial charge in [-0.25, -0.2) is 0 Å². The Bertz CT molecular complexity index is 312. The molecule has 1 aromatic carbocycles. The molecule has 2 heteroatoms. The van der Waals surface area contributed by atoms with Gasteiger partial charge in [0.05, 0.1) is 0 Å². The summed E-state index contributed by atoms with van der Waals surface area (Å²) >= 11 is 2.13. The van der Waals surface area contributed by atoms with E-state index in [1.807, 2.05) is 0 Å². The summed E-state index contributed by atoms with van der Waals surface area (Å²) in [4.78, 5) is 0. The van der Waals surface area contributed by atoms with Crippen LogP contribution in [0.4, 0.5) is 0 Å². The van der Waals surface area contributed by atoms with E-state index >= 15 is 0 Å². The van der Waals surface area contributed by atoms with Crippen LogP contribution in [-0.2, 0) is 0 Å². The van der Waals surface area contributed by atoms with E-state index in [4.69, 9.17) is 0 Å². The molecule has 0 saturated carbocycles. The van der Waals surface area contributed by atoms with Gasteiger partial charge in [0.15, 0.2) is 0 Å². The Labute approximate surface area is 117 Å². The topological polar surface area (TPSA) is 12.0 Å². The molecule has 0 aliphatic heterocycles. The highest BCUT2D eigenvalue weighted by Gasteiger charge is 2.22. The SMILES string of the molecule is CCNC(c1ccccc1)C(CC)SC(C)CC. The molecule has 0 aromatic heterocycles. The first-order chi connectivity index (χ1) is 8.72. The summed E-state index contributed by atoms with van der Waals surface area (Å²) in [5.41, 5.74) is 1.42. The maximum absolute atomic E-state index is 3.66. The van der Waals surface area contributed by atoms with Crippen molar-refractivity contribution in [2.45, 2.75) is 57.1 Å². The van der Waals surface area contributed by atoms with Crippen LogP contribution in [0.5, 0.6) is 0 Å². The van der Waals surface area contributed by atoms with E-state index in [0.29, 0.717) is 11.3 Å². The Morgan fingerprint density at radius 3 is 2.22 bits per heavy atom. The molecule has 18 heavy (non-hydrogen) atoms.